The summed E-state index contributed by atoms with van der Waals surface area (Å²) < 4.78 is 5.86. The zero-order valence-electron chi connectivity index (χ0n) is 11.7. The first-order valence-corrected chi connectivity index (χ1v) is 6.29. The molecular weight excluding hydrogens is 248 g/mol. The molecule has 0 aliphatic rings. The van der Waals surface area contributed by atoms with Gasteiger partial charge in [-0.15, -0.1) is 5.10 Å². The third-order valence-corrected chi connectivity index (χ3v) is 2.76. The molecule has 0 saturated carbocycles. The number of carbonyl (C=O) groups is 2. The van der Waals surface area contributed by atoms with Crippen LogP contribution < -0.4 is 5.32 Å². The Morgan fingerprint density at radius 1 is 1.47 bits per heavy atom. The Balaban J connectivity index is 2.66. The third kappa shape index (κ3) is 4.04. The van der Waals surface area contributed by atoms with E-state index < -0.39 is 12.0 Å². The summed E-state index contributed by atoms with van der Waals surface area (Å²) in [7, 11) is 1.26. The van der Waals surface area contributed by atoms with Crippen LogP contribution in [0.15, 0.2) is 6.33 Å². The molecule has 0 fully saturated rings. The molecule has 19 heavy (non-hydrogen) atoms. The first-order chi connectivity index (χ1) is 8.99. The van der Waals surface area contributed by atoms with E-state index in [0.29, 0.717) is 0 Å². The number of methoxy groups -OCH3 is 1. The Morgan fingerprint density at radius 3 is 2.74 bits per heavy atom. The van der Waals surface area contributed by atoms with Crippen LogP contribution >= 0.6 is 0 Å². The molecule has 0 spiro atoms. The molecule has 0 radical (unpaired) electrons. The molecule has 7 heteroatoms. The summed E-state index contributed by atoms with van der Waals surface area (Å²) in [4.78, 5) is 27.0. The van der Waals surface area contributed by atoms with Gasteiger partial charge in [-0.1, -0.05) is 13.3 Å². The minimum absolute atomic E-state index is 0.0521. The van der Waals surface area contributed by atoms with Crippen molar-refractivity contribution in [3.05, 3.63) is 12.2 Å². The summed E-state index contributed by atoms with van der Waals surface area (Å²) in [6.07, 6.45) is 3.27. The number of esters is 1. The molecule has 1 rings (SSSR count). The SMILES string of the molecule is CCCC(C)NC(=O)C(C)n1cnc(C(=O)OC)n1. The van der Waals surface area contributed by atoms with E-state index in [9.17, 15) is 9.59 Å². The predicted octanol–water partition coefficient (Wildman–Crippen LogP) is 0.930. The summed E-state index contributed by atoms with van der Waals surface area (Å²) in [5.74, 6) is -0.822. The van der Waals surface area contributed by atoms with Crippen molar-refractivity contribution in [1.29, 1.82) is 0 Å². The number of amides is 1. The molecule has 0 saturated heterocycles. The molecule has 1 N–H and O–H groups in total. The molecule has 2 atom stereocenters. The van der Waals surface area contributed by atoms with Crippen LogP contribution in [0, 0.1) is 0 Å². The topological polar surface area (TPSA) is 86.1 Å². The van der Waals surface area contributed by atoms with Crippen LogP contribution in [0.25, 0.3) is 0 Å². The lowest BCUT2D eigenvalue weighted by molar-refractivity contribution is -0.124. The van der Waals surface area contributed by atoms with E-state index in [1.807, 2.05) is 6.92 Å². The zero-order valence-corrected chi connectivity index (χ0v) is 11.7. The van der Waals surface area contributed by atoms with Crippen LogP contribution in [0.5, 0.6) is 0 Å². The highest BCUT2D eigenvalue weighted by Crippen LogP contribution is 2.06. The molecule has 1 amide bonds. The first kappa shape index (κ1) is 15.1. The van der Waals surface area contributed by atoms with Crippen LogP contribution in [-0.4, -0.2) is 39.8 Å². The number of nitrogens with one attached hydrogen (secondary N) is 1. The lowest BCUT2D eigenvalue weighted by atomic mass is 10.2. The highest BCUT2D eigenvalue weighted by molar-refractivity contribution is 5.85. The lowest BCUT2D eigenvalue weighted by Gasteiger charge is -2.16. The van der Waals surface area contributed by atoms with E-state index in [-0.39, 0.29) is 17.8 Å². The summed E-state index contributed by atoms with van der Waals surface area (Å²) in [6, 6.07) is -0.409. The standard InChI is InChI=1S/C12H20N4O3/c1-5-6-8(2)14-11(17)9(3)16-7-13-10(15-16)12(18)19-4/h7-9H,5-6H2,1-4H3,(H,14,17). The van der Waals surface area contributed by atoms with E-state index in [0.717, 1.165) is 12.8 Å². The number of hydrogen-bond donors (Lipinski definition) is 1. The van der Waals surface area contributed by atoms with Crippen LogP contribution in [0.3, 0.4) is 0 Å². The van der Waals surface area contributed by atoms with Gasteiger partial charge in [0.25, 0.3) is 5.82 Å². The van der Waals surface area contributed by atoms with Crippen molar-refractivity contribution in [3.63, 3.8) is 0 Å². The average molecular weight is 268 g/mol. The average Bonchev–Trinajstić information content (AvgIpc) is 2.86. The lowest BCUT2D eigenvalue weighted by Crippen LogP contribution is -2.37. The fraction of sp³-hybridized carbons (Fsp3) is 0.667. The minimum atomic E-state index is -0.620. The Morgan fingerprint density at radius 2 is 2.16 bits per heavy atom. The fourth-order valence-electron chi connectivity index (χ4n) is 1.64. The van der Waals surface area contributed by atoms with Crippen molar-refractivity contribution >= 4 is 11.9 Å². The van der Waals surface area contributed by atoms with Crippen LogP contribution in [-0.2, 0) is 9.53 Å². The second-order valence-corrected chi connectivity index (χ2v) is 4.41. The van der Waals surface area contributed by atoms with E-state index in [1.54, 1.807) is 6.92 Å². The van der Waals surface area contributed by atoms with Gasteiger partial charge in [-0.25, -0.2) is 14.5 Å². The Hall–Kier alpha value is -1.92. The highest BCUT2D eigenvalue weighted by Gasteiger charge is 2.20. The largest absolute Gasteiger partial charge is 0.463 e. The van der Waals surface area contributed by atoms with Gasteiger partial charge in [-0.05, 0) is 20.3 Å². The molecule has 1 heterocycles. The molecule has 0 aliphatic carbocycles. The molecular formula is C12H20N4O3. The number of aromatic nitrogens is 3. The Bertz CT molecular complexity index is 444. The molecule has 7 nitrogen and oxygen atoms in total. The van der Waals surface area contributed by atoms with Crippen molar-refractivity contribution in [1.82, 2.24) is 20.1 Å². The molecule has 1 aromatic rings. The van der Waals surface area contributed by atoms with Gasteiger partial charge in [0, 0.05) is 6.04 Å². The highest BCUT2D eigenvalue weighted by atomic mass is 16.5. The summed E-state index contributed by atoms with van der Waals surface area (Å²) in [6.45, 7) is 5.71. The van der Waals surface area contributed by atoms with Crippen molar-refractivity contribution in [2.24, 2.45) is 0 Å². The molecule has 2 unspecified atom stereocenters. The molecule has 0 aliphatic heterocycles. The van der Waals surface area contributed by atoms with Crippen molar-refractivity contribution in [2.75, 3.05) is 7.11 Å². The maximum absolute atomic E-state index is 12.0. The van der Waals surface area contributed by atoms with Gasteiger partial charge in [0.1, 0.15) is 12.4 Å². The zero-order chi connectivity index (χ0) is 14.4. The normalized spacial score (nSPS) is 13.7. The van der Waals surface area contributed by atoms with Crippen molar-refractivity contribution in [2.45, 2.75) is 45.7 Å². The number of ether oxygens (including phenoxy) is 1. The quantitative estimate of drug-likeness (QED) is 0.776. The van der Waals surface area contributed by atoms with E-state index in [2.05, 4.69) is 27.1 Å². The number of nitrogens with zero attached hydrogens (tertiary/aromatic N) is 3. The van der Waals surface area contributed by atoms with E-state index in [4.69, 9.17) is 0 Å². The molecule has 0 aromatic carbocycles. The smallest absolute Gasteiger partial charge is 0.377 e. The fourth-order valence-corrected chi connectivity index (χ4v) is 1.64. The maximum atomic E-state index is 12.0. The van der Waals surface area contributed by atoms with Gasteiger partial charge in [-0.3, -0.25) is 4.79 Å². The first-order valence-electron chi connectivity index (χ1n) is 6.29. The minimum Gasteiger partial charge on any atom is -0.463 e. The van der Waals surface area contributed by atoms with Gasteiger partial charge in [0.2, 0.25) is 5.91 Å². The summed E-state index contributed by atoms with van der Waals surface area (Å²) in [5, 5.41) is 6.81. The Labute approximate surface area is 112 Å². The monoisotopic (exact) mass is 268 g/mol. The van der Waals surface area contributed by atoms with E-state index in [1.165, 1.54) is 18.1 Å². The number of rotatable bonds is 6. The second kappa shape index (κ2) is 6.86. The van der Waals surface area contributed by atoms with Gasteiger partial charge in [0.15, 0.2) is 0 Å². The van der Waals surface area contributed by atoms with Gasteiger partial charge < -0.3 is 10.1 Å². The summed E-state index contributed by atoms with van der Waals surface area (Å²) >= 11 is 0. The molecule has 106 valence electrons. The van der Waals surface area contributed by atoms with Gasteiger partial charge >= 0.3 is 5.97 Å². The predicted molar refractivity (Wildman–Crippen MR) is 68.6 cm³/mol. The van der Waals surface area contributed by atoms with Crippen molar-refractivity contribution in [3.8, 4) is 0 Å². The number of carbonyl (C=O) groups excluding carboxylic acids is 2. The van der Waals surface area contributed by atoms with Gasteiger partial charge in [0.05, 0.1) is 7.11 Å². The van der Waals surface area contributed by atoms with Gasteiger partial charge in [-0.2, -0.15) is 0 Å². The maximum Gasteiger partial charge on any atom is 0.377 e. The molecule has 0 bridgehead atoms. The van der Waals surface area contributed by atoms with Crippen molar-refractivity contribution < 1.29 is 14.3 Å². The Kier molecular flexibility index (Phi) is 5.47. The second-order valence-electron chi connectivity index (χ2n) is 4.41. The summed E-state index contributed by atoms with van der Waals surface area (Å²) in [5.41, 5.74) is 0. The molecule has 1 aromatic heterocycles. The van der Waals surface area contributed by atoms with E-state index >= 15 is 0 Å². The van der Waals surface area contributed by atoms with Crippen LogP contribution in [0.2, 0.25) is 0 Å². The van der Waals surface area contributed by atoms with Crippen LogP contribution in [0.4, 0.5) is 0 Å². The third-order valence-electron chi connectivity index (χ3n) is 2.76. The number of hydrogen-bond acceptors (Lipinski definition) is 5. The van der Waals surface area contributed by atoms with Crippen LogP contribution in [0.1, 0.15) is 50.3 Å².